The highest BCUT2D eigenvalue weighted by molar-refractivity contribution is 6.30. The minimum Gasteiger partial charge on any atom is -0.493 e. The minimum absolute atomic E-state index is 0.00882. The van der Waals surface area contributed by atoms with Gasteiger partial charge >= 0.3 is 0 Å². The molecule has 0 aliphatic heterocycles. The van der Waals surface area contributed by atoms with Crippen LogP contribution in [0.15, 0.2) is 48.5 Å². The second-order valence-electron chi connectivity index (χ2n) is 7.81. The van der Waals surface area contributed by atoms with Crippen molar-refractivity contribution in [1.82, 2.24) is 30.2 Å². The molecule has 0 atom stereocenters. The van der Waals surface area contributed by atoms with Gasteiger partial charge in [-0.1, -0.05) is 30.7 Å². The number of benzene rings is 3. The van der Waals surface area contributed by atoms with Gasteiger partial charge in [-0.25, -0.2) is 18.2 Å². The van der Waals surface area contributed by atoms with E-state index in [1.54, 1.807) is 34.9 Å². The van der Waals surface area contributed by atoms with Crippen LogP contribution in [0.3, 0.4) is 0 Å². The van der Waals surface area contributed by atoms with Crippen molar-refractivity contribution in [3.8, 4) is 28.5 Å². The Morgan fingerprint density at radius 3 is 2.57 bits per heavy atom. The standard InChI is InChI=1S/C24H18ClF3N6O/c1-2-7-35-22-9-15(25)5-6-16(22)24-29-20-10-18(27)19(28)11-21(20)34(24)12-14-4-3-13(8-17(14)26)23-30-32-33-31-23/h3-6,8-11H,2,7,12H2,1H3,(H,30,31,32,33). The van der Waals surface area contributed by atoms with E-state index in [1.165, 1.54) is 6.07 Å². The highest BCUT2D eigenvalue weighted by Crippen LogP contribution is 2.35. The second-order valence-corrected chi connectivity index (χ2v) is 8.24. The Kier molecular flexibility index (Phi) is 6.12. The SMILES string of the molecule is CCCOc1cc(Cl)ccc1-c1nc2cc(F)c(F)cc2n1Cc1ccc(-c2nn[nH]n2)cc1F. The molecule has 7 nitrogen and oxygen atoms in total. The third-order valence-electron chi connectivity index (χ3n) is 5.42. The third-order valence-corrected chi connectivity index (χ3v) is 5.66. The molecule has 2 aromatic heterocycles. The van der Waals surface area contributed by atoms with Gasteiger partial charge in [0.2, 0.25) is 5.82 Å². The van der Waals surface area contributed by atoms with Crippen LogP contribution in [0.1, 0.15) is 18.9 Å². The summed E-state index contributed by atoms with van der Waals surface area (Å²) in [5.41, 5.74) is 1.82. The van der Waals surface area contributed by atoms with Crippen molar-refractivity contribution in [1.29, 1.82) is 0 Å². The van der Waals surface area contributed by atoms with Gasteiger partial charge < -0.3 is 9.30 Å². The van der Waals surface area contributed by atoms with E-state index in [4.69, 9.17) is 16.3 Å². The summed E-state index contributed by atoms with van der Waals surface area (Å²) in [5.74, 6) is -1.51. The van der Waals surface area contributed by atoms with Gasteiger partial charge in [0.05, 0.1) is 29.7 Å². The van der Waals surface area contributed by atoms with Crippen LogP contribution in [-0.2, 0) is 6.54 Å². The fourth-order valence-electron chi connectivity index (χ4n) is 3.77. The lowest BCUT2D eigenvalue weighted by Crippen LogP contribution is -2.06. The molecule has 0 aliphatic rings. The van der Waals surface area contributed by atoms with E-state index in [1.807, 2.05) is 6.92 Å². The zero-order valence-electron chi connectivity index (χ0n) is 18.4. The molecule has 0 bridgehead atoms. The van der Waals surface area contributed by atoms with Gasteiger partial charge in [-0.3, -0.25) is 0 Å². The number of aromatic amines is 1. The van der Waals surface area contributed by atoms with E-state index in [0.717, 1.165) is 18.6 Å². The monoisotopic (exact) mass is 498 g/mol. The van der Waals surface area contributed by atoms with E-state index in [0.29, 0.717) is 45.4 Å². The molecule has 5 rings (SSSR count). The van der Waals surface area contributed by atoms with Gasteiger partial charge in [-0.15, -0.1) is 10.2 Å². The number of halogens is 4. The smallest absolute Gasteiger partial charge is 0.204 e. The molecule has 0 radical (unpaired) electrons. The molecule has 5 aromatic rings. The number of imidazole rings is 1. The first kappa shape index (κ1) is 22.9. The van der Waals surface area contributed by atoms with Crippen LogP contribution >= 0.6 is 11.6 Å². The lowest BCUT2D eigenvalue weighted by molar-refractivity contribution is 0.318. The molecular weight excluding hydrogens is 481 g/mol. The molecule has 3 aromatic carbocycles. The molecule has 2 heterocycles. The number of ether oxygens (including phenoxy) is 1. The summed E-state index contributed by atoms with van der Waals surface area (Å²) in [5, 5.41) is 14.0. The number of rotatable bonds is 7. The summed E-state index contributed by atoms with van der Waals surface area (Å²) >= 11 is 6.18. The molecule has 0 spiro atoms. The molecule has 0 amide bonds. The van der Waals surface area contributed by atoms with E-state index >= 15 is 4.39 Å². The molecule has 11 heteroatoms. The maximum atomic E-state index is 15.1. The maximum Gasteiger partial charge on any atom is 0.204 e. The van der Waals surface area contributed by atoms with Crippen molar-refractivity contribution < 1.29 is 17.9 Å². The quantitative estimate of drug-likeness (QED) is 0.307. The average molecular weight is 499 g/mol. The Balaban J connectivity index is 1.65. The molecule has 0 saturated heterocycles. The van der Waals surface area contributed by atoms with Crippen LogP contribution in [0.5, 0.6) is 5.75 Å². The minimum atomic E-state index is -1.03. The van der Waals surface area contributed by atoms with Crippen LogP contribution in [0, 0.1) is 17.5 Å². The second kappa shape index (κ2) is 9.38. The van der Waals surface area contributed by atoms with Gasteiger partial charge in [0, 0.05) is 28.3 Å². The van der Waals surface area contributed by atoms with Crippen LogP contribution < -0.4 is 4.74 Å². The lowest BCUT2D eigenvalue weighted by Gasteiger charge is -2.14. The third kappa shape index (κ3) is 4.44. The number of H-pyrrole nitrogens is 1. The summed E-state index contributed by atoms with van der Waals surface area (Å²) in [6.45, 7) is 2.39. The largest absolute Gasteiger partial charge is 0.493 e. The predicted molar refractivity (Wildman–Crippen MR) is 125 cm³/mol. The Bertz CT molecular complexity index is 1520. The number of nitrogens with zero attached hydrogens (tertiary/aromatic N) is 5. The number of tetrazole rings is 1. The number of hydrogen-bond acceptors (Lipinski definition) is 5. The highest BCUT2D eigenvalue weighted by atomic mass is 35.5. The zero-order valence-corrected chi connectivity index (χ0v) is 19.2. The van der Waals surface area contributed by atoms with Crippen molar-refractivity contribution in [3.63, 3.8) is 0 Å². The predicted octanol–water partition coefficient (Wildman–Crippen LogP) is 5.79. The maximum absolute atomic E-state index is 15.1. The van der Waals surface area contributed by atoms with E-state index in [9.17, 15) is 8.78 Å². The topological polar surface area (TPSA) is 81.5 Å². The van der Waals surface area contributed by atoms with Gasteiger partial charge in [0.15, 0.2) is 11.6 Å². The zero-order chi connectivity index (χ0) is 24.5. The molecule has 0 saturated carbocycles. The van der Waals surface area contributed by atoms with Crippen molar-refractivity contribution in [2.24, 2.45) is 0 Å². The summed E-state index contributed by atoms with van der Waals surface area (Å²) in [6, 6.07) is 11.6. The first-order valence-corrected chi connectivity index (χ1v) is 11.1. The molecular formula is C24H18ClF3N6O. The van der Waals surface area contributed by atoms with Gasteiger partial charge in [-0.2, -0.15) is 5.21 Å². The first-order valence-electron chi connectivity index (χ1n) is 10.7. The van der Waals surface area contributed by atoms with Gasteiger partial charge in [0.25, 0.3) is 0 Å². The summed E-state index contributed by atoms with van der Waals surface area (Å²) in [7, 11) is 0. The molecule has 0 fully saturated rings. The summed E-state index contributed by atoms with van der Waals surface area (Å²) < 4.78 is 50.8. The summed E-state index contributed by atoms with van der Waals surface area (Å²) in [6.07, 6.45) is 0.761. The molecule has 35 heavy (non-hydrogen) atoms. The normalized spacial score (nSPS) is 11.3. The Hall–Kier alpha value is -3.92. The first-order chi connectivity index (χ1) is 16.9. The van der Waals surface area contributed by atoms with Gasteiger partial charge in [0.1, 0.15) is 17.4 Å². The molecule has 0 aliphatic carbocycles. The highest BCUT2D eigenvalue weighted by Gasteiger charge is 2.20. The Morgan fingerprint density at radius 2 is 1.83 bits per heavy atom. The number of aromatic nitrogens is 6. The van der Waals surface area contributed by atoms with E-state index in [2.05, 4.69) is 25.6 Å². The molecule has 178 valence electrons. The number of nitrogens with one attached hydrogen (secondary N) is 1. The number of fused-ring (bicyclic) bond motifs is 1. The van der Waals surface area contributed by atoms with Crippen LogP contribution in [0.4, 0.5) is 13.2 Å². The van der Waals surface area contributed by atoms with Crippen molar-refractivity contribution in [3.05, 3.63) is 76.6 Å². The molecule has 0 unspecified atom stereocenters. The summed E-state index contributed by atoms with van der Waals surface area (Å²) in [4.78, 5) is 4.55. The van der Waals surface area contributed by atoms with E-state index < -0.39 is 17.5 Å². The van der Waals surface area contributed by atoms with Crippen molar-refractivity contribution >= 4 is 22.6 Å². The fraction of sp³-hybridized carbons (Fsp3) is 0.167. The average Bonchev–Trinajstić information content (AvgIpc) is 3.49. The fourth-order valence-corrected chi connectivity index (χ4v) is 3.93. The molecule has 1 N–H and O–H groups in total. The van der Waals surface area contributed by atoms with Crippen LogP contribution in [-0.4, -0.2) is 36.8 Å². The Morgan fingerprint density at radius 1 is 1.00 bits per heavy atom. The van der Waals surface area contributed by atoms with Crippen LogP contribution in [0.25, 0.3) is 33.8 Å². The van der Waals surface area contributed by atoms with Gasteiger partial charge in [-0.05, 0) is 35.9 Å². The Labute approximate surface area is 202 Å². The number of hydrogen-bond donors (Lipinski definition) is 1. The lowest BCUT2D eigenvalue weighted by atomic mass is 10.1. The van der Waals surface area contributed by atoms with Crippen molar-refractivity contribution in [2.75, 3.05) is 6.61 Å². The van der Waals surface area contributed by atoms with E-state index in [-0.39, 0.29) is 17.9 Å². The van der Waals surface area contributed by atoms with Crippen molar-refractivity contribution in [2.45, 2.75) is 19.9 Å². The van der Waals surface area contributed by atoms with Crippen LogP contribution in [0.2, 0.25) is 5.02 Å².